The molecule has 4 atom stereocenters. The zero-order valence-electron chi connectivity index (χ0n) is 18.1. The summed E-state index contributed by atoms with van der Waals surface area (Å²) in [6.07, 6.45) is 10.3. The van der Waals surface area contributed by atoms with Gasteiger partial charge >= 0.3 is 0 Å². The molecule has 2 aromatic rings. The fraction of sp³-hybridized carbons (Fsp3) is 0.619. The van der Waals surface area contributed by atoms with Gasteiger partial charge in [-0.3, -0.25) is 24.5 Å². The smallest absolute Gasteiger partial charge is 0.290 e. The maximum atomic E-state index is 12.4. The van der Waals surface area contributed by atoms with Crippen LogP contribution in [-0.2, 0) is 34.3 Å². The van der Waals surface area contributed by atoms with Crippen molar-refractivity contribution in [2.75, 3.05) is 19.6 Å². The van der Waals surface area contributed by atoms with Crippen LogP contribution < -0.4 is 5.32 Å². The van der Waals surface area contributed by atoms with Gasteiger partial charge in [-0.25, -0.2) is 0 Å². The topological polar surface area (TPSA) is 135 Å². The largest absolute Gasteiger partial charge is 0.483 e. The summed E-state index contributed by atoms with van der Waals surface area (Å²) in [4.78, 5) is 31.4. The Kier molecular flexibility index (Phi) is 6.75. The number of ether oxygens (including phenoxy) is 1. The van der Waals surface area contributed by atoms with E-state index in [1.165, 1.54) is 0 Å². The number of nitrogens with zero attached hydrogens (tertiary/aromatic N) is 6. The number of aromatic nitrogens is 5. The molecule has 5 heterocycles. The van der Waals surface area contributed by atoms with Crippen molar-refractivity contribution in [3.05, 3.63) is 36.4 Å². The van der Waals surface area contributed by atoms with Crippen molar-refractivity contribution in [3.63, 3.8) is 0 Å². The Morgan fingerprint density at radius 2 is 2.28 bits per heavy atom. The van der Waals surface area contributed by atoms with Gasteiger partial charge in [0.25, 0.3) is 6.47 Å². The van der Waals surface area contributed by atoms with Gasteiger partial charge in [-0.2, -0.15) is 0 Å². The van der Waals surface area contributed by atoms with Crippen LogP contribution in [0.2, 0.25) is 0 Å². The molecular formula is C21H29N7O4. The minimum atomic E-state index is -0.250. The summed E-state index contributed by atoms with van der Waals surface area (Å²) in [5.41, 5.74) is 0.804. The van der Waals surface area contributed by atoms with Crippen LogP contribution in [0.5, 0.6) is 0 Å². The van der Waals surface area contributed by atoms with E-state index in [1.807, 2.05) is 11.6 Å². The number of carbonyl (C=O) groups excluding carboxylic acids is 1. The molecular weight excluding hydrogens is 414 g/mol. The molecule has 3 aliphatic heterocycles. The molecule has 5 rings (SSSR count). The van der Waals surface area contributed by atoms with Crippen molar-refractivity contribution >= 4 is 12.4 Å². The summed E-state index contributed by atoms with van der Waals surface area (Å²) < 4.78 is 8.45. The van der Waals surface area contributed by atoms with Gasteiger partial charge in [-0.1, -0.05) is 0 Å². The fourth-order valence-electron chi connectivity index (χ4n) is 5.35. The Balaban J connectivity index is 0.000000775. The molecule has 0 radical (unpaired) electrons. The second-order valence-corrected chi connectivity index (χ2v) is 8.66. The lowest BCUT2D eigenvalue weighted by Gasteiger charge is -2.29. The Bertz CT molecular complexity index is 924. The number of hydrogen-bond donors (Lipinski definition) is 2. The molecule has 2 bridgehead atoms. The second kappa shape index (κ2) is 9.70. The van der Waals surface area contributed by atoms with E-state index in [0.29, 0.717) is 31.2 Å². The quantitative estimate of drug-likeness (QED) is 0.568. The second-order valence-electron chi connectivity index (χ2n) is 8.66. The van der Waals surface area contributed by atoms with Gasteiger partial charge in [0, 0.05) is 63.5 Å². The lowest BCUT2D eigenvalue weighted by molar-refractivity contribution is -0.123. The lowest BCUT2D eigenvalue weighted by Crippen LogP contribution is -2.41. The number of rotatable bonds is 7. The number of fused-ring (bicyclic) bond motifs is 1. The molecule has 3 saturated heterocycles. The summed E-state index contributed by atoms with van der Waals surface area (Å²) in [5, 5.41) is 18.2. The average Bonchev–Trinajstić information content (AvgIpc) is 3.54. The van der Waals surface area contributed by atoms with E-state index in [9.17, 15) is 4.79 Å². The molecule has 2 N–H and O–H groups in total. The first-order chi connectivity index (χ1) is 15.5. The van der Waals surface area contributed by atoms with Gasteiger partial charge in [0.1, 0.15) is 12.2 Å². The molecule has 2 aromatic heterocycles. The van der Waals surface area contributed by atoms with Crippen LogP contribution >= 0.6 is 0 Å². The predicted octanol–water partition coefficient (Wildman–Crippen LogP) is 0.0343. The highest BCUT2D eigenvalue weighted by molar-refractivity contribution is 5.76. The third kappa shape index (κ3) is 4.63. The van der Waals surface area contributed by atoms with Gasteiger partial charge in [-0.15, -0.1) is 10.2 Å². The van der Waals surface area contributed by atoms with Crippen LogP contribution in [0.15, 0.2) is 24.9 Å². The summed E-state index contributed by atoms with van der Waals surface area (Å²) in [6.45, 7) is 3.16. The number of nitrogens with one attached hydrogen (secondary N) is 1. The highest BCUT2D eigenvalue weighted by Crippen LogP contribution is 2.54. The minimum absolute atomic E-state index is 0.0434. The van der Waals surface area contributed by atoms with E-state index in [4.69, 9.17) is 14.6 Å². The van der Waals surface area contributed by atoms with Crippen molar-refractivity contribution in [2.45, 2.75) is 43.9 Å². The van der Waals surface area contributed by atoms with Crippen molar-refractivity contribution in [3.8, 4) is 0 Å². The maximum Gasteiger partial charge on any atom is 0.290 e. The molecule has 1 spiro atoms. The molecule has 0 aliphatic carbocycles. The Hall–Kier alpha value is -2.92. The summed E-state index contributed by atoms with van der Waals surface area (Å²) >= 11 is 0. The van der Waals surface area contributed by atoms with E-state index in [2.05, 4.69) is 30.4 Å². The Morgan fingerprint density at radius 1 is 1.44 bits per heavy atom. The van der Waals surface area contributed by atoms with Crippen LogP contribution in [0.4, 0.5) is 0 Å². The van der Waals surface area contributed by atoms with E-state index >= 15 is 0 Å². The number of hydrogen-bond acceptors (Lipinski definition) is 8. The van der Waals surface area contributed by atoms with Crippen molar-refractivity contribution in [1.82, 2.24) is 34.9 Å². The van der Waals surface area contributed by atoms with E-state index < -0.39 is 0 Å². The average molecular weight is 444 g/mol. The van der Waals surface area contributed by atoms with Crippen LogP contribution in [0.25, 0.3) is 0 Å². The zero-order valence-corrected chi connectivity index (χ0v) is 18.1. The van der Waals surface area contributed by atoms with Crippen LogP contribution in [0, 0.1) is 11.8 Å². The SMILES string of the molecule is Cn1cnnc1CN1C[C@@H]2[C@H](CNC(=O)CCc3cnccn3)[C@H]3CC[C@]2(C1)O3.O=CO. The fourth-order valence-corrected chi connectivity index (χ4v) is 5.35. The highest BCUT2D eigenvalue weighted by Gasteiger charge is 2.62. The third-order valence-electron chi connectivity index (χ3n) is 6.78. The van der Waals surface area contributed by atoms with Gasteiger partial charge in [0.2, 0.25) is 5.91 Å². The first-order valence-electron chi connectivity index (χ1n) is 10.9. The summed E-state index contributed by atoms with van der Waals surface area (Å²) in [6, 6.07) is 0. The van der Waals surface area contributed by atoms with Gasteiger partial charge in [-0.05, 0) is 19.3 Å². The van der Waals surface area contributed by atoms with Gasteiger partial charge in [0.05, 0.1) is 23.9 Å². The monoisotopic (exact) mass is 443 g/mol. The maximum absolute atomic E-state index is 12.4. The molecule has 3 fully saturated rings. The van der Waals surface area contributed by atoms with Crippen molar-refractivity contribution in [2.24, 2.45) is 18.9 Å². The molecule has 11 nitrogen and oxygen atoms in total. The summed E-state index contributed by atoms with van der Waals surface area (Å²) in [7, 11) is 1.98. The molecule has 0 aromatic carbocycles. The molecule has 0 unspecified atom stereocenters. The van der Waals surface area contributed by atoms with Gasteiger partial charge in [0.15, 0.2) is 0 Å². The highest BCUT2D eigenvalue weighted by atomic mass is 16.5. The standard InChI is InChI=1S/C20H27N7O2.CH2O2/c1-26-13-24-25-18(26)11-27-10-16-15(17-4-5-20(16,12-27)29-17)9-23-19(28)3-2-14-8-21-6-7-22-14;2-1-3/h6-8,13,15-17H,2-5,9-12H2,1H3,(H,23,28);1H,(H,2,3)/t15-,16+,17+,20+;/m0./s1. The van der Waals surface area contributed by atoms with Crippen molar-refractivity contribution < 1.29 is 19.4 Å². The van der Waals surface area contributed by atoms with E-state index in [1.54, 1.807) is 24.9 Å². The number of carboxylic acid groups (broad SMARTS) is 1. The minimum Gasteiger partial charge on any atom is -0.483 e. The summed E-state index contributed by atoms with van der Waals surface area (Å²) in [5.74, 6) is 1.90. The third-order valence-corrected chi connectivity index (χ3v) is 6.78. The van der Waals surface area contributed by atoms with Crippen molar-refractivity contribution in [1.29, 1.82) is 0 Å². The van der Waals surface area contributed by atoms with E-state index in [-0.39, 0.29) is 24.1 Å². The molecule has 0 saturated carbocycles. The molecule has 3 aliphatic rings. The molecule has 32 heavy (non-hydrogen) atoms. The molecule has 172 valence electrons. The number of likely N-dealkylation sites (tertiary alicyclic amines) is 1. The number of aryl methyl sites for hydroxylation is 2. The predicted molar refractivity (Wildman–Crippen MR) is 112 cm³/mol. The number of carbonyl (C=O) groups is 2. The Labute approximate surface area is 186 Å². The zero-order chi connectivity index (χ0) is 22.6. The number of amides is 1. The van der Waals surface area contributed by atoms with E-state index in [0.717, 1.165) is 44.0 Å². The first-order valence-corrected chi connectivity index (χ1v) is 10.9. The van der Waals surface area contributed by atoms with Crippen LogP contribution in [0.3, 0.4) is 0 Å². The normalized spacial score (nSPS) is 28.1. The molecule has 1 amide bonds. The Morgan fingerprint density at radius 3 is 3.00 bits per heavy atom. The van der Waals surface area contributed by atoms with Crippen LogP contribution in [-0.4, -0.2) is 78.5 Å². The lowest BCUT2D eigenvalue weighted by atomic mass is 9.73. The van der Waals surface area contributed by atoms with Crippen LogP contribution in [0.1, 0.15) is 30.8 Å². The van der Waals surface area contributed by atoms with Gasteiger partial charge < -0.3 is 19.7 Å². The molecule has 11 heteroatoms. The first kappa shape index (κ1) is 22.3.